The van der Waals surface area contributed by atoms with Crippen molar-refractivity contribution in [1.29, 1.82) is 0 Å². The van der Waals surface area contributed by atoms with Crippen molar-refractivity contribution in [2.75, 3.05) is 47.5 Å². The van der Waals surface area contributed by atoms with Crippen LogP contribution < -0.4 is 0 Å². The Hall–Kier alpha value is -3.07. The van der Waals surface area contributed by atoms with Gasteiger partial charge in [-0.2, -0.15) is 0 Å². The molecule has 0 heterocycles. The number of unbranched alkanes of at least 4 members (excludes halogenated alkanes) is 26. The van der Waals surface area contributed by atoms with E-state index in [1.165, 1.54) is 135 Å². The maximum atomic E-state index is 12.8. The summed E-state index contributed by atoms with van der Waals surface area (Å²) in [4.78, 5) is 35.8. The van der Waals surface area contributed by atoms with Crippen molar-refractivity contribution in [3.8, 4) is 0 Å². The Balaban J connectivity index is 4.16. The summed E-state index contributed by atoms with van der Waals surface area (Å²) in [6, 6.07) is 0. The molecular formula is C66H117NO8P+. The number of allylic oxidation sites excluding steroid dienone is 16. The number of carbonyl (C=O) groups is 2. The molecule has 0 rings (SSSR count). The standard InChI is InChI=1S/C66H116NO8P/c1-6-8-10-12-14-16-18-20-22-24-26-28-30-32-33-35-37-39-41-43-45-47-49-51-53-55-57-59-66(69)75-64(63-74-76(70,71)73-61-60-67(3,4)5)62-72-65(68)58-56-54-52-50-48-46-44-42-40-38-36-34-31-29-27-25-23-21-19-17-15-13-11-9-7-2/h8,10,14,16,19-22,25-28,31-34,64H,6-7,9,11-13,15,17-18,23-24,29-30,35-63H2,1-5H3/p+1/b10-8-,16-14-,21-19-,22-20-,27-25-,28-26-,33-32-,34-31-. The highest BCUT2D eigenvalue weighted by Crippen LogP contribution is 2.43. The Morgan fingerprint density at radius 1 is 0.421 bits per heavy atom. The van der Waals surface area contributed by atoms with E-state index in [9.17, 15) is 19.0 Å². The smallest absolute Gasteiger partial charge is 0.462 e. The summed E-state index contributed by atoms with van der Waals surface area (Å²) < 4.78 is 34.6. The molecule has 2 unspecified atom stereocenters. The highest BCUT2D eigenvalue weighted by Gasteiger charge is 2.27. The third-order valence-corrected chi connectivity index (χ3v) is 14.1. The maximum absolute atomic E-state index is 12.8. The van der Waals surface area contributed by atoms with Crippen LogP contribution in [-0.2, 0) is 32.7 Å². The van der Waals surface area contributed by atoms with Crippen LogP contribution in [0.3, 0.4) is 0 Å². The van der Waals surface area contributed by atoms with E-state index in [4.69, 9.17) is 18.5 Å². The SMILES string of the molecule is CC/C=C\C/C=C\C/C=C\C/C=C\C/C=C\CCCCCCCCCCCCCC(=O)OC(COC(=O)CCCCCCCCCCCC/C=C\C/C=C\C/C=C\CCCCCCC)COP(=O)(O)OCC[N+](C)(C)C. The normalized spacial score (nSPS) is 13.9. The Labute approximate surface area is 468 Å². The van der Waals surface area contributed by atoms with Crippen LogP contribution in [0.2, 0.25) is 0 Å². The van der Waals surface area contributed by atoms with Crippen molar-refractivity contribution in [2.24, 2.45) is 0 Å². The number of phosphoric ester groups is 1. The average molecular weight is 1080 g/mol. The van der Waals surface area contributed by atoms with Crippen LogP contribution in [0.15, 0.2) is 97.2 Å². The fraction of sp³-hybridized carbons (Fsp3) is 0.727. The van der Waals surface area contributed by atoms with Gasteiger partial charge < -0.3 is 18.9 Å². The van der Waals surface area contributed by atoms with Crippen LogP contribution in [0.4, 0.5) is 0 Å². The zero-order valence-electron chi connectivity index (χ0n) is 49.7. The van der Waals surface area contributed by atoms with Gasteiger partial charge in [0.05, 0.1) is 27.7 Å². The van der Waals surface area contributed by atoms with E-state index < -0.39 is 26.5 Å². The predicted octanol–water partition coefficient (Wildman–Crippen LogP) is 19.6. The highest BCUT2D eigenvalue weighted by molar-refractivity contribution is 7.47. The van der Waals surface area contributed by atoms with Crippen molar-refractivity contribution in [3.05, 3.63) is 97.2 Å². The Morgan fingerprint density at radius 2 is 0.750 bits per heavy atom. The minimum atomic E-state index is -4.40. The molecule has 0 aromatic carbocycles. The summed E-state index contributed by atoms with van der Waals surface area (Å²) >= 11 is 0. The molecule has 0 saturated heterocycles. The lowest BCUT2D eigenvalue weighted by Gasteiger charge is -2.24. The molecule has 9 nitrogen and oxygen atoms in total. The summed E-state index contributed by atoms with van der Waals surface area (Å²) in [5, 5.41) is 0. The Kier molecular flexibility index (Phi) is 54.4. The minimum Gasteiger partial charge on any atom is -0.462 e. The van der Waals surface area contributed by atoms with Gasteiger partial charge in [0.1, 0.15) is 19.8 Å². The number of esters is 2. The van der Waals surface area contributed by atoms with Gasteiger partial charge >= 0.3 is 19.8 Å². The van der Waals surface area contributed by atoms with E-state index >= 15 is 0 Å². The molecular weight excluding hydrogens is 966 g/mol. The summed E-state index contributed by atoms with van der Waals surface area (Å²) in [7, 11) is 1.47. The molecule has 10 heteroatoms. The van der Waals surface area contributed by atoms with Crippen LogP contribution in [0.1, 0.15) is 258 Å². The number of phosphoric acid groups is 1. The monoisotopic (exact) mass is 1080 g/mol. The number of rotatable bonds is 56. The lowest BCUT2D eigenvalue weighted by molar-refractivity contribution is -0.870. The van der Waals surface area contributed by atoms with Crippen LogP contribution in [0.5, 0.6) is 0 Å². The second-order valence-corrected chi connectivity index (χ2v) is 23.2. The van der Waals surface area contributed by atoms with Gasteiger partial charge in [-0.3, -0.25) is 18.6 Å². The van der Waals surface area contributed by atoms with E-state index in [0.29, 0.717) is 17.4 Å². The summed E-state index contributed by atoms with van der Waals surface area (Å²) in [6.07, 6.45) is 77.6. The first-order chi connectivity index (χ1) is 37.0. The molecule has 0 amide bonds. The molecule has 0 aliphatic carbocycles. The van der Waals surface area contributed by atoms with Crippen molar-refractivity contribution in [2.45, 2.75) is 264 Å². The maximum Gasteiger partial charge on any atom is 0.472 e. The fourth-order valence-corrected chi connectivity index (χ4v) is 9.09. The third-order valence-electron chi connectivity index (χ3n) is 13.1. The molecule has 0 saturated carbocycles. The first-order valence-electron chi connectivity index (χ1n) is 31.0. The molecule has 0 aliphatic rings. The summed E-state index contributed by atoms with van der Waals surface area (Å²) in [5.41, 5.74) is 0. The van der Waals surface area contributed by atoms with Gasteiger partial charge in [-0.25, -0.2) is 4.57 Å². The van der Waals surface area contributed by atoms with Gasteiger partial charge in [-0.15, -0.1) is 0 Å². The number of hydrogen-bond acceptors (Lipinski definition) is 7. The number of hydrogen-bond donors (Lipinski definition) is 1. The van der Waals surface area contributed by atoms with Crippen LogP contribution in [-0.4, -0.2) is 74.9 Å². The molecule has 2 atom stereocenters. The molecule has 0 spiro atoms. The van der Waals surface area contributed by atoms with E-state index in [2.05, 4.69) is 111 Å². The summed E-state index contributed by atoms with van der Waals surface area (Å²) in [5.74, 6) is -0.805. The summed E-state index contributed by atoms with van der Waals surface area (Å²) in [6.45, 7) is 4.31. The molecule has 0 aromatic rings. The van der Waals surface area contributed by atoms with Crippen LogP contribution in [0, 0.1) is 0 Å². The molecule has 0 radical (unpaired) electrons. The topological polar surface area (TPSA) is 108 Å². The first kappa shape index (κ1) is 72.9. The average Bonchev–Trinajstić information content (AvgIpc) is 3.38. The molecule has 0 fully saturated rings. The van der Waals surface area contributed by atoms with Gasteiger partial charge in [-0.1, -0.05) is 246 Å². The molecule has 438 valence electrons. The van der Waals surface area contributed by atoms with Gasteiger partial charge in [0, 0.05) is 12.8 Å². The molecule has 1 N–H and O–H groups in total. The van der Waals surface area contributed by atoms with Crippen LogP contribution in [0.25, 0.3) is 0 Å². The zero-order chi connectivity index (χ0) is 55.6. The van der Waals surface area contributed by atoms with Crippen molar-refractivity contribution in [1.82, 2.24) is 0 Å². The lowest BCUT2D eigenvalue weighted by Crippen LogP contribution is -2.37. The predicted molar refractivity (Wildman–Crippen MR) is 325 cm³/mol. The van der Waals surface area contributed by atoms with Crippen molar-refractivity contribution in [3.63, 3.8) is 0 Å². The second kappa shape index (κ2) is 56.6. The van der Waals surface area contributed by atoms with Crippen molar-refractivity contribution < 1.29 is 42.1 Å². The van der Waals surface area contributed by atoms with E-state index in [1.807, 2.05) is 21.1 Å². The van der Waals surface area contributed by atoms with Gasteiger partial charge in [0.15, 0.2) is 6.10 Å². The fourth-order valence-electron chi connectivity index (χ4n) is 8.34. The number of ether oxygens (including phenoxy) is 2. The minimum absolute atomic E-state index is 0.0263. The van der Waals surface area contributed by atoms with Gasteiger partial charge in [0.25, 0.3) is 0 Å². The quantitative estimate of drug-likeness (QED) is 0.0211. The third kappa shape index (κ3) is 60.2. The van der Waals surface area contributed by atoms with Gasteiger partial charge in [0.2, 0.25) is 0 Å². The second-order valence-electron chi connectivity index (χ2n) is 21.7. The van der Waals surface area contributed by atoms with E-state index in [1.54, 1.807) is 0 Å². The van der Waals surface area contributed by atoms with E-state index in [0.717, 1.165) is 89.9 Å². The number of carbonyl (C=O) groups excluding carboxylic acids is 2. The lowest BCUT2D eigenvalue weighted by atomic mass is 10.0. The molecule has 76 heavy (non-hydrogen) atoms. The molecule has 0 aromatic heterocycles. The first-order valence-corrected chi connectivity index (χ1v) is 32.5. The van der Waals surface area contributed by atoms with Crippen LogP contribution >= 0.6 is 7.82 Å². The van der Waals surface area contributed by atoms with Crippen molar-refractivity contribution >= 4 is 19.8 Å². The Bertz CT molecular complexity index is 1600. The zero-order valence-corrected chi connectivity index (χ0v) is 50.6. The molecule has 0 bridgehead atoms. The number of quaternary nitrogens is 1. The number of nitrogens with zero attached hydrogens (tertiary/aromatic N) is 1. The number of likely N-dealkylation sites (N-methyl/N-ethyl adjacent to an activating group) is 1. The Morgan fingerprint density at radius 3 is 1.12 bits per heavy atom. The highest BCUT2D eigenvalue weighted by atomic mass is 31.2. The molecule has 0 aliphatic heterocycles. The largest absolute Gasteiger partial charge is 0.472 e. The van der Waals surface area contributed by atoms with Gasteiger partial charge in [-0.05, 0) is 96.3 Å². The van der Waals surface area contributed by atoms with E-state index in [-0.39, 0.29) is 32.0 Å².